The van der Waals surface area contributed by atoms with Gasteiger partial charge in [0.25, 0.3) is 5.91 Å². The van der Waals surface area contributed by atoms with Crippen LogP contribution < -0.4 is 16.4 Å². The summed E-state index contributed by atoms with van der Waals surface area (Å²) in [5, 5.41) is 5.84. The van der Waals surface area contributed by atoms with Gasteiger partial charge in [-0.05, 0) is 57.8 Å². The molecule has 0 aliphatic carbocycles. The van der Waals surface area contributed by atoms with Gasteiger partial charge < -0.3 is 21.3 Å². The Kier molecular flexibility index (Phi) is 12.7. The Balaban J connectivity index is 1.57. The highest BCUT2D eigenvalue weighted by atomic mass is 16.2. The maximum absolute atomic E-state index is 13.7. The number of primary amides is 1. The fraction of sp³-hybridized carbons (Fsp3) is 0.528. The third-order valence-corrected chi connectivity index (χ3v) is 9.18. The number of amides is 4. The lowest BCUT2D eigenvalue weighted by Crippen LogP contribution is -2.61. The van der Waals surface area contributed by atoms with Crippen LogP contribution in [-0.2, 0) is 14.4 Å². The van der Waals surface area contributed by atoms with Gasteiger partial charge in [-0.2, -0.15) is 0 Å². The summed E-state index contributed by atoms with van der Waals surface area (Å²) in [5.41, 5.74) is 5.33. The van der Waals surface area contributed by atoms with Gasteiger partial charge in [0, 0.05) is 53.1 Å². The van der Waals surface area contributed by atoms with E-state index >= 15 is 0 Å². The smallest absolute Gasteiger partial charge is 0.251 e. The van der Waals surface area contributed by atoms with Crippen molar-refractivity contribution in [2.24, 2.45) is 22.5 Å². The lowest BCUT2D eigenvalue weighted by Gasteiger charge is -2.49. The number of carbonyl (C=O) groups excluding carboxylic acids is 5. The van der Waals surface area contributed by atoms with Crippen LogP contribution in [0.4, 0.5) is 0 Å². The quantitative estimate of drug-likeness (QED) is 0.178. The van der Waals surface area contributed by atoms with Gasteiger partial charge in [-0.15, -0.1) is 0 Å². The van der Waals surface area contributed by atoms with E-state index in [0.29, 0.717) is 49.2 Å². The Morgan fingerprint density at radius 1 is 0.913 bits per heavy atom. The van der Waals surface area contributed by atoms with Crippen LogP contribution in [0.3, 0.4) is 0 Å². The number of benzene rings is 2. The number of nitrogens with one attached hydrogen (secondary N) is 2. The lowest BCUT2D eigenvalue weighted by atomic mass is 9.68. The predicted octanol–water partition coefficient (Wildman–Crippen LogP) is 3.99. The second-order valence-corrected chi connectivity index (χ2v) is 13.3. The van der Waals surface area contributed by atoms with Crippen LogP contribution in [0.15, 0.2) is 54.6 Å². The van der Waals surface area contributed by atoms with Gasteiger partial charge in [-0.25, -0.2) is 0 Å². The molecule has 0 spiro atoms. The van der Waals surface area contributed by atoms with E-state index < -0.39 is 22.7 Å². The van der Waals surface area contributed by atoms with Gasteiger partial charge in [-0.3, -0.25) is 28.9 Å². The number of ketones is 1. The molecule has 0 aromatic heterocycles. The standard InChI is InChI=1S/C36H51N5O5/c1-7-25(31(37)43)23-36(5,24-35(3,4)34(46)41-22-19-29(41)40(6)8-2)33(45)39-21-12-20-38-32(44)28-17-15-27(16-18-28)30(42)26-13-10-9-11-14-26/h9-11,13-18,25,29H,7-8,12,19-24H2,1-6H3,(H2,37,43)(H,38,44)(H,39,45). The largest absolute Gasteiger partial charge is 0.369 e. The van der Waals surface area contributed by atoms with E-state index in [4.69, 9.17) is 5.73 Å². The zero-order valence-electron chi connectivity index (χ0n) is 28.2. The summed E-state index contributed by atoms with van der Waals surface area (Å²) < 4.78 is 0. The third-order valence-electron chi connectivity index (χ3n) is 9.18. The highest BCUT2D eigenvalue weighted by Gasteiger charge is 2.47. The molecule has 0 bridgehead atoms. The van der Waals surface area contributed by atoms with E-state index in [9.17, 15) is 24.0 Å². The second kappa shape index (κ2) is 16.0. The lowest BCUT2D eigenvalue weighted by molar-refractivity contribution is -0.158. The minimum absolute atomic E-state index is 0.00428. The molecule has 4 N–H and O–H groups in total. The van der Waals surface area contributed by atoms with E-state index in [1.54, 1.807) is 48.5 Å². The van der Waals surface area contributed by atoms with Crippen LogP contribution >= 0.6 is 0 Å². The van der Waals surface area contributed by atoms with Crippen molar-refractivity contribution in [2.45, 2.75) is 72.9 Å². The van der Waals surface area contributed by atoms with Crippen molar-refractivity contribution in [1.82, 2.24) is 20.4 Å². The molecule has 3 rings (SSSR count). The zero-order chi connectivity index (χ0) is 34.1. The summed E-state index contributed by atoms with van der Waals surface area (Å²) in [4.78, 5) is 68.9. The predicted molar refractivity (Wildman–Crippen MR) is 179 cm³/mol. The molecule has 1 aliphatic heterocycles. The Hall–Kier alpha value is -4.05. The van der Waals surface area contributed by atoms with E-state index in [2.05, 4.69) is 22.5 Å². The monoisotopic (exact) mass is 633 g/mol. The molecule has 10 heteroatoms. The van der Waals surface area contributed by atoms with Gasteiger partial charge in [0.2, 0.25) is 17.7 Å². The fourth-order valence-electron chi connectivity index (χ4n) is 6.29. The molecule has 250 valence electrons. The van der Waals surface area contributed by atoms with Crippen molar-refractivity contribution in [3.05, 3.63) is 71.3 Å². The molecule has 1 aliphatic rings. The highest BCUT2D eigenvalue weighted by Crippen LogP contribution is 2.42. The van der Waals surface area contributed by atoms with Crippen molar-refractivity contribution >= 4 is 29.4 Å². The van der Waals surface area contributed by atoms with Gasteiger partial charge in [0.15, 0.2) is 5.78 Å². The van der Waals surface area contributed by atoms with Crippen LogP contribution in [0.1, 0.15) is 93.0 Å². The fourth-order valence-corrected chi connectivity index (χ4v) is 6.29. The van der Waals surface area contributed by atoms with Crippen LogP contribution in [0.5, 0.6) is 0 Å². The SMILES string of the molecule is CCC(CC(C)(CC(C)(C)C(=O)N1CCC1N(C)CC)C(=O)NCCCNC(=O)c1ccc(C(=O)c2ccccc2)cc1)C(N)=O. The molecule has 3 unspecified atom stereocenters. The summed E-state index contributed by atoms with van der Waals surface area (Å²) in [7, 11) is 2.00. The average Bonchev–Trinajstić information content (AvgIpc) is 3.02. The first-order valence-corrected chi connectivity index (χ1v) is 16.3. The number of carbonyl (C=O) groups is 5. The number of likely N-dealkylation sites (tertiary alicyclic amines) is 1. The Morgan fingerprint density at radius 2 is 1.50 bits per heavy atom. The van der Waals surface area contributed by atoms with Gasteiger partial charge >= 0.3 is 0 Å². The first-order chi connectivity index (χ1) is 21.7. The Labute approximate surface area is 273 Å². The van der Waals surface area contributed by atoms with Gasteiger partial charge in [-0.1, -0.05) is 77.1 Å². The molecule has 1 fully saturated rings. The molecule has 4 amide bonds. The first kappa shape index (κ1) is 36.4. The molecule has 10 nitrogen and oxygen atoms in total. The maximum Gasteiger partial charge on any atom is 0.251 e. The van der Waals surface area contributed by atoms with E-state index in [1.807, 2.05) is 45.7 Å². The van der Waals surface area contributed by atoms with Crippen LogP contribution in [0.25, 0.3) is 0 Å². The van der Waals surface area contributed by atoms with Gasteiger partial charge in [0.05, 0.1) is 6.17 Å². The average molecular weight is 634 g/mol. The minimum atomic E-state index is -1.02. The molecular weight excluding hydrogens is 582 g/mol. The molecule has 0 radical (unpaired) electrons. The molecule has 46 heavy (non-hydrogen) atoms. The summed E-state index contributed by atoms with van der Waals surface area (Å²) in [5.74, 6) is -1.60. The zero-order valence-corrected chi connectivity index (χ0v) is 28.2. The topological polar surface area (TPSA) is 142 Å². The molecular formula is C36H51N5O5. The van der Waals surface area contributed by atoms with Crippen molar-refractivity contribution in [3.8, 4) is 0 Å². The summed E-state index contributed by atoms with van der Waals surface area (Å²) in [6, 6.07) is 15.5. The number of nitrogens with zero attached hydrogens (tertiary/aromatic N) is 2. The molecule has 2 aromatic carbocycles. The van der Waals surface area contributed by atoms with Crippen molar-refractivity contribution in [1.29, 1.82) is 0 Å². The van der Waals surface area contributed by atoms with Crippen LogP contribution in [0, 0.1) is 16.7 Å². The molecule has 1 saturated heterocycles. The van der Waals surface area contributed by atoms with Crippen LogP contribution in [-0.4, -0.2) is 78.6 Å². The highest BCUT2D eigenvalue weighted by molar-refractivity contribution is 6.09. The van der Waals surface area contributed by atoms with Crippen molar-refractivity contribution < 1.29 is 24.0 Å². The molecule has 3 atom stereocenters. The minimum Gasteiger partial charge on any atom is -0.369 e. The van der Waals surface area contributed by atoms with E-state index in [0.717, 1.165) is 13.0 Å². The first-order valence-electron chi connectivity index (χ1n) is 16.3. The Bertz CT molecular complexity index is 1380. The summed E-state index contributed by atoms with van der Waals surface area (Å²) >= 11 is 0. The number of hydrogen-bond donors (Lipinski definition) is 3. The molecule has 0 saturated carbocycles. The van der Waals surface area contributed by atoms with E-state index in [1.165, 1.54) is 0 Å². The Morgan fingerprint density at radius 3 is 2.04 bits per heavy atom. The maximum atomic E-state index is 13.7. The number of rotatable bonds is 17. The molecule has 1 heterocycles. The summed E-state index contributed by atoms with van der Waals surface area (Å²) in [6.07, 6.45) is 2.43. The van der Waals surface area contributed by atoms with Crippen molar-refractivity contribution in [2.75, 3.05) is 33.2 Å². The van der Waals surface area contributed by atoms with Gasteiger partial charge in [0.1, 0.15) is 0 Å². The van der Waals surface area contributed by atoms with Crippen LogP contribution in [0.2, 0.25) is 0 Å². The van der Waals surface area contributed by atoms with E-state index in [-0.39, 0.29) is 42.5 Å². The second-order valence-electron chi connectivity index (χ2n) is 13.3. The third kappa shape index (κ3) is 9.02. The number of nitrogens with two attached hydrogens (primary N) is 1. The molecule has 2 aromatic rings. The summed E-state index contributed by atoms with van der Waals surface area (Å²) in [6.45, 7) is 11.6. The normalized spacial score (nSPS) is 16.6. The van der Waals surface area contributed by atoms with Crippen molar-refractivity contribution in [3.63, 3.8) is 0 Å². The number of hydrogen-bond acceptors (Lipinski definition) is 6.